The van der Waals surface area contributed by atoms with E-state index in [4.69, 9.17) is 4.74 Å². The van der Waals surface area contributed by atoms with Crippen LogP contribution in [0, 0.1) is 22.7 Å². The third-order valence-corrected chi connectivity index (χ3v) is 8.05. The van der Waals surface area contributed by atoms with Gasteiger partial charge in [0.2, 0.25) is 6.29 Å². The van der Waals surface area contributed by atoms with E-state index in [0.29, 0.717) is 23.8 Å². The van der Waals surface area contributed by atoms with Gasteiger partial charge >= 0.3 is 5.97 Å². The fourth-order valence-corrected chi connectivity index (χ4v) is 6.01. The molecular formula is C25H38O4. The summed E-state index contributed by atoms with van der Waals surface area (Å²) in [6.07, 6.45) is 10.1. The predicted octanol–water partition coefficient (Wildman–Crippen LogP) is 5.06. The zero-order chi connectivity index (χ0) is 21.4. The first-order valence-corrected chi connectivity index (χ1v) is 11.2. The van der Waals surface area contributed by atoms with E-state index in [2.05, 4.69) is 40.3 Å². The number of aliphatic hydroxyl groups is 2. The Balaban J connectivity index is 1.81. The van der Waals surface area contributed by atoms with Crippen LogP contribution in [0.4, 0.5) is 0 Å². The summed E-state index contributed by atoms with van der Waals surface area (Å²) in [4.78, 5) is 11.5. The Morgan fingerprint density at radius 3 is 2.76 bits per heavy atom. The molecule has 4 heteroatoms. The number of allylic oxidation sites excluding steroid dienone is 3. The number of carbonyl (C=O) groups is 1. The molecule has 0 bridgehead atoms. The minimum Gasteiger partial charge on any atom is -0.429 e. The van der Waals surface area contributed by atoms with Crippen LogP contribution < -0.4 is 0 Å². The van der Waals surface area contributed by atoms with Crippen molar-refractivity contribution in [3.05, 3.63) is 35.5 Å². The molecule has 1 heterocycles. The molecule has 1 unspecified atom stereocenters. The largest absolute Gasteiger partial charge is 0.429 e. The number of rotatable bonds is 7. The molecule has 0 aromatic heterocycles. The Labute approximate surface area is 175 Å². The molecule has 1 aliphatic heterocycles. The van der Waals surface area contributed by atoms with Gasteiger partial charge < -0.3 is 14.9 Å². The first-order chi connectivity index (χ1) is 13.6. The van der Waals surface area contributed by atoms with Crippen molar-refractivity contribution in [3.8, 4) is 0 Å². The van der Waals surface area contributed by atoms with Crippen LogP contribution in [0.2, 0.25) is 0 Å². The molecule has 0 spiro atoms. The van der Waals surface area contributed by atoms with Gasteiger partial charge in [-0.1, -0.05) is 44.4 Å². The molecule has 0 aromatic carbocycles. The second-order valence-electron chi connectivity index (χ2n) is 10.3. The molecule has 0 saturated heterocycles. The lowest BCUT2D eigenvalue weighted by atomic mass is 9.50. The van der Waals surface area contributed by atoms with E-state index in [-0.39, 0.29) is 10.8 Å². The van der Waals surface area contributed by atoms with Crippen LogP contribution in [-0.4, -0.2) is 28.6 Å². The van der Waals surface area contributed by atoms with E-state index in [9.17, 15) is 15.0 Å². The fourth-order valence-electron chi connectivity index (χ4n) is 6.01. The molecule has 4 nitrogen and oxygen atoms in total. The second-order valence-corrected chi connectivity index (χ2v) is 10.3. The van der Waals surface area contributed by atoms with Crippen LogP contribution in [0.15, 0.2) is 35.5 Å². The van der Waals surface area contributed by atoms with Crippen molar-refractivity contribution < 1.29 is 19.7 Å². The Bertz CT molecular complexity index is 720. The van der Waals surface area contributed by atoms with Crippen LogP contribution in [0.5, 0.6) is 0 Å². The molecule has 3 rings (SSSR count). The van der Waals surface area contributed by atoms with Gasteiger partial charge in [-0.25, -0.2) is 4.79 Å². The minimum absolute atomic E-state index is 0.0776. The number of hydrogen-bond donors (Lipinski definition) is 2. The molecule has 0 amide bonds. The van der Waals surface area contributed by atoms with Gasteiger partial charge in [0.05, 0.1) is 6.10 Å². The van der Waals surface area contributed by atoms with Crippen molar-refractivity contribution in [2.75, 3.05) is 0 Å². The van der Waals surface area contributed by atoms with Gasteiger partial charge in [-0.3, -0.25) is 0 Å². The molecular weight excluding hydrogens is 364 g/mol. The maximum atomic E-state index is 11.5. The summed E-state index contributed by atoms with van der Waals surface area (Å²) < 4.78 is 4.79. The normalized spacial score (nSPS) is 38.0. The van der Waals surface area contributed by atoms with Crippen molar-refractivity contribution in [2.24, 2.45) is 22.7 Å². The molecule has 0 aromatic rings. The summed E-state index contributed by atoms with van der Waals surface area (Å²) >= 11 is 0. The van der Waals surface area contributed by atoms with E-state index < -0.39 is 18.4 Å². The summed E-state index contributed by atoms with van der Waals surface area (Å²) in [5.74, 6) is 0.288. The van der Waals surface area contributed by atoms with Crippen LogP contribution in [0.3, 0.4) is 0 Å². The number of fused-ring (bicyclic) bond motifs is 1. The van der Waals surface area contributed by atoms with Crippen LogP contribution in [-0.2, 0) is 9.53 Å². The second kappa shape index (κ2) is 8.39. The zero-order valence-electron chi connectivity index (χ0n) is 18.5. The van der Waals surface area contributed by atoms with Crippen molar-refractivity contribution in [2.45, 2.75) is 91.5 Å². The Kier molecular flexibility index (Phi) is 6.45. The molecule has 6 atom stereocenters. The highest BCUT2D eigenvalue weighted by atomic mass is 16.6. The Morgan fingerprint density at radius 2 is 2.14 bits per heavy atom. The highest BCUT2D eigenvalue weighted by Crippen LogP contribution is 2.59. The zero-order valence-corrected chi connectivity index (χ0v) is 18.5. The SMILES string of the molecule is C=C(C)CCC[C@]1(C)CCC[C@@H]2C1=CC[C@@H](C)[C@]2(C)C[C@@H](O)C1=CC(=O)OC1O. The molecule has 2 aliphatic carbocycles. The standard InChI is InChI=1S/C25H38O4/c1-16(2)8-6-12-24(4)13-7-9-20-19(24)11-10-17(3)25(20,5)15-21(26)18-14-22(27)29-23(18)28/h11,14,17,20-21,23,26,28H,1,6-10,12-13,15H2,2-5H3/t17-,20-,21-,23?,24-,25+/m1/s1. The number of hydrogen-bond acceptors (Lipinski definition) is 4. The molecule has 0 radical (unpaired) electrons. The molecule has 1 saturated carbocycles. The minimum atomic E-state index is -1.31. The van der Waals surface area contributed by atoms with Gasteiger partial charge in [0.1, 0.15) is 0 Å². The maximum absolute atomic E-state index is 11.5. The lowest BCUT2D eigenvalue weighted by Gasteiger charge is -2.54. The number of aliphatic hydroxyl groups excluding tert-OH is 2. The van der Waals surface area contributed by atoms with Gasteiger partial charge in [-0.05, 0) is 74.5 Å². The van der Waals surface area contributed by atoms with Gasteiger partial charge in [-0.2, -0.15) is 0 Å². The highest BCUT2D eigenvalue weighted by Gasteiger charge is 2.50. The molecule has 29 heavy (non-hydrogen) atoms. The van der Waals surface area contributed by atoms with Crippen LogP contribution in [0.25, 0.3) is 0 Å². The molecule has 3 aliphatic rings. The number of carbonyl (C=O) groups excluding carboxylic acids is 1. The molecule has 1 fully saturated rings. The fraction of sp³-hybridized carbons (Fsp3) is 0.720. The van der Waals surface area contributed by atoms with Crippen LogP contribution in [0.1, 0.15) is 79.1 Å². The predicted molar refractivity (Wildman–Crippen MR) is 115 cm³/mol. The molecule has 162 valence electrons. The van der Waals surface area contributed by atoms with E-state index in [1.807, 2.05) is 0 Å². The Morgan fingerprint density at radius 1 is 1.41 bits per heavy atom. The summed E-state index contributed by atoms with van der Waals surface area (Å²) in [5.41, 5.74) is 3.27. The summed E-state index contributed by atoms with van der Waals surface area (Å²) in [7, 11) is 0. The summed E-state index contributed by atoms with van der Waals surface area (Å²) in [6.45, 7) is 13.1. The number of ether oxygens (including phenoxy) is 1. The van der Waals surface area contributed by atoms with Crippen molar-refractivity contribution in [3.63, 3.8) is 0 Å². The van der Waals surface area contributed by atoms with E-state index in [0.717, 1.165) is 19.3 Å². The van der Waals surface area contributed by atoms with E-state index in [1.165, 1.54) is 37.3 Å². The third-order valence-electron chi connectivity index (χ3n) is 8.05. The Hall–Kier alpha value is -1.39. The van der Waals surface area contributed by atoms with Crippen LogP contribution >= 0.6 is 0 Å². The van der Waals surface area contributed by atoms with Crippen molar-refractivity contribution in [1.82, 2.24) is 0 Å². The van der Waals surface area contributed by atoms with Gasteiger partial charge in [0, 0.05) is 11.6 Å². The average Bonchev–Trinajstić information content (AvgIpc) is 2.97. The highest BCUT2D eigenvalue weighted by molar-refractivity contribution is 5.85. The van der Waals surface area contributed by atoms with Gasteiger partial charge in [0.25, 0.3) is 0 Å². The smallest absolute Gasteiger partial charge is 0.333 e. The lowest BCUT2D eigenvalue weighted by Crippen LogP contribution is -2.46. The number of esters is 1. The first kappa shape index (κ1) is 22.3. The van der Waals surface area contributed by atoms with E-state index in [1.54, 1.807) is 5.57 Å². The molecule has 2 N–H and O–H groups in total. The average molecular weight is 403 g/mol. The van der Waals surface area contributed by atoms with Crippen molar-refractivity contribution >= 4 is 5.97 Å². The lowest BCUT2D eigenvalue weighted by molar-refractivity contribution is -0.152. The van der Waals surface area contributed by atoms with Gasteiger partial charge in [-0.15, -0.1) is 6.58 Å². The van der Waals surface area contributed by atoms with E-state index >= 15 is 0 Å². The topological polar surface area (TPSA) is 66.8 Å². The monoisotopic (exact) mass is 402 g/mol. The van der Waals surface area contributed by atoms with Crippen molar-refractivity contribution in [1.29, 1.82) is 0 Å². The first-order valence-electron chi connectivity index (χ1n) is 11.2. The quantitative estimate of drug-likeness (QED) is 0.461. The third kappa shape index (κ3) is 4.39. The maximum Gasteiger partial charge on any atom is 0.333 e. The summed E-state index contributed by atoms with van der Waals surface area (Å²) in [6, 6.07) is 0. The van der Waals surface area contributed by atoms with Gasteiger partial charge in [0.15, 0.2) is 0 Å². The summed E-state index contributed by atoms with van der Waals surface area (Å²) in [5, 5.41) is 20.9. The number of cyclic esters (lactones) is 1.